The summed E-state index contributed by atoms with van der Waals surface area (Å²) in [4.78, 5) is 12.9. The Labute approximate surface area is 193 Å². The minimum atomic E-state index is -0.912. The number of carbonyl (C=O) groups excluding carboxylic acids is 1. The van der Waals surface area contributed by atoms with Crippen LogP contribution in [-0.4, -0.2) is 37.0 Å². The van der Waals surface area contributed by atoms with E-state index in [4.69, 9.17) is 23.7 Å². The van der Waals surface area contributed by atoms with E-state index in [2.05, 4.69) is 0 Å². The molecule has 2 aliphatic heterocycles. The number of esters is 1. The van der Waals surface area contributed by atoms with Crippen molar-refractivity contribution in [3.05, 3.63) is 108 Å². The summed E-state index contributed by atoms with van der Waals surface area (Å²) in [5.41, 5.74) is 2.86. The van der Waals surface area contributed by atoms with Crippen molar-refractivity contribution >= 4 is 5.97 Å². The summed E-state index contributed by atoms with van der Waals surface area (Å²) in [6.07, 6.45) is -3.21. The van der Waals surface area contributed by atoms with Crippen LogP contribution in [0.1, 0.15) is 23.0 Å². The molecule has 2 heterocycles. The molecule has 6 heteroatoms. The van der Waals surface area contributed by atoms with E-state index in [1.54, 1.807) is 0 Å². The lowest BCUT2D eigenvalue weighted by molar-refractivity contribution is -0.311. The summed E-state index contributed by atoms with van der Waals surface area (Å²) in [7, 11) is 0. The molecule has 3 aromatic carbocycles. The third-order valence-corrected chi connectivity index (χ3v) is 5.81. The van der Waals surface area contributed by atoms with Gasteiger partial charge < -0.3 is 23.7 Å². The number of ether oxygens (including phenoxy) is 5. The lowest BCUT2D eigenvalue weighted by Gasteiger charge is -2.45. The molecule has 0 amide bonds. The highest BCUT2D eigenvalue weighted by Gasteiger charge is 2.51. The molecule has 0 spiro atoms. The van der Waals surface area contributed by atoms with Gasteiger partial charge in [0.05, 0.1) is 19.8 Å². The first-order chi connectivity index (χ1) is 16.3. The van der Waals surface area contributed by atoms with Crippen LogP contribution in [0.4, 0.5) is 0 Å². The minimum absolute atomic E-state index is 0.229. The average Bonchev–Trinajstić information content (AvgIpc) is 2.88. The first kappa shape index (κ1) is 21.8. The smallest absolute Gasteiger partial charge is 0.338 e. The van der Waals surface area contributed by atoms with Crippen LogP contribution in [-0.2, 0) is 41.7 Å². The normalized spacial score (nSPS) is 26.9. The number of benzene rings is 3. The highest BCUT2D eigenvalue weighted by atomic mass is 16.7. The summed E-state index contributed by atoms with van der Waals surface area (Å²) in [6.45, 7) is 0.821. The van der Waals surface area contributed by atoms with Crippen LogP contribution in [0, 0.1) is 0 Å². The second-order valence-corrected chi connectivity index (χ2v) is 8.13. The number of carbonyl (C=O) groups is 1. The maximum Gasteiger partial charge on any atom is 0.338 e. The second kappa shape index (κ2) is 10.3. The minimum Gasteiger partial charge on any atom is -0.455 e. The van der Waals surface area contributed by atoms with Gasteiger partial charge in [-0.2, -0.15) is 0 Å². The second-order valence-electron chi connectivity index (χ2n) is 8.13. The van der Waals surface area contributed by atoms with Crippen LogP contribution in [0.2, 0.25) is 0 Å². The molecule has 0 N–H and O–H groups in total. The predicted molar refractivity (Wildman–Crippen MR) is 120 cm³/mol. The molecular weight excluding hydrogens is 420 g/mol. The average molecular weight is 446 g/mol. The van der Waals surface area contributed by atoms with Gasteiger partial charge in [0.15, 0.2) is 18.5 Å². The molecule has 0 radical (unpaired) electrons. The first-order valence-electron chi connectivity index (χ1n) is 11.1. The van der Waals surface area contributed by atoms with Crippen molar-refractivity contribution in [3.8, 4) is 0 Å². The molecule has 3 aromatic rings. The number of hydrogen-bond acceptors (Lipinski definition) is 6. The molecule has 0 aliphatic carbocycles. The monoisotopic (exact) mass is 446 g/mol. The third-order valence-electron chi connectivity index (χ3n) is 5.81. The van der Waals surface area contributed by atoms with Gasteiger partial charge in [-0.3, -0.25) is 0 Å². The van der Waals surface area contributed by atoms with Gasteiger partial charge in [0.1, 0.15) is 12.2 Å². The quantitative estimate of drug-likeness (QED) is 0.507. The molecule has 0 saturated carbocycles. The van der Waals surface area contributed by atoms with Crippen molar-refractivity contribution in [2.75, 3.05) is 6.61 Å². The van der Waals surface area contributed by atoms with Gasteiger partial charge in [0.25, 0.3) is 0 Å². The third kappa shape index (κ3) is 5.15. The first-order valence-corrected chi connectivity index (χ1v) is 11.1. The van der Waals surface area contributed by atoms with Gasteiger partial charge in [-0.1, -0.05) is 91.0 Å². The molecule has 1 unspecified atom stereocenters. The van der Waals surface area contributed by atoms with Crippen LogP contribution in [0.15, 0.2) is 91.0 Å². The zero-order valence-electron chi connectivity index (χ0n) is 18.1. The van der Waals surface area contributed by atoms with Crippen molar-refractivity contribution in [2.45, 2.75) is 43.9 Å². The SMILES string of the molecule is O=C1O[C@@H]2COC(c3ccccc3)O[C@@H]2[C@H](OCc2ccccc2)[C@H]1OCc1ccccc1. The molecular formula is C27H26O6. The van der Waals surface area contributed by atoms with Crippen LogP contribution in [0.5, 0.6) is 0 Å². The van der Waals surface area contributed by atoms with Crippen molar-refractivity contribution in [1.82, 2.24) is 0 Å². The highest BCUT2D eigenvalue weighted by Crippen LogP contribution is 2.35. The summed E-state index contributed by atoms with van der Waals surface area (Å²) in [5, 5.41) is 0. The van der Waals surface area contributed by atoms with E-state index in [1.165, 1.54) is 0 Å². The summed E-state index contributed by atoms with van der Waals surface area (Å²) < 4.78 is 30.2. The van der Waals surface area contributed by atoms with Crippen molar-refractivity contribution in [1.29, 1.82) is 0 Å². The van der Waals surface area contributed by atoms with Gasteiger partial charge in [-0.05, 0) is 11.1 Å². The van der Waals surface area contributed by atoms with E-state index in [9.17, 15) is 4.79 Å². The maximum absolute atomic E-state index is 12.9. The largest absolute Gasteiger partial charge is 0.455 e. The van der Waals surface area contributed by atoms with Gasteiger partial charge >= 0.3 is 5.97 Å². The predicted octanol–water partition coefficient (Wildman–Crippen LogP) is 4.20. The Kier molecular flexibility index (Phi) is 6.79. The fourth-order valence-electron chi connectivity index (χ4n) is 4.12. The Bertz CT molecular complexity index is 1030. The van der Waals surface area contributed by atoms with Gasteiger partial charge in [0.2, 0.25) is 0 Å². The fourth-order valence-corrected chi connectivity index (χ4v) is 4.12. The van der Waals surface area contributed by atoms with Crippen molar-refractivity contribution in [3.63, 3.8) is 0 Å². The van der Waals surface area contributed by atoms with Crippen LogP contribution >= 0.6 is 0 Å². The van der Waals surface area contributed by atoms with Crippen LogP contribution in [0.3, 0.4) is 0 Å². The van der Waals surface area contributed by atoms with Gasteiger partial charge in [-0.25, -0.2) is 4.79 Å². The molecule has 170 valence electrons. The lowest BCUT2D eigenvalue weighted by atomic mass is 9.97. The fraction of sp³-hybridized carbons (Fsp3) is 0.296. The topological polar surface area (TPSA) is 63.2 Å². The molecule has 5 atom stereocenters. The van der Waals surface area contributed by atoms with Gasteiger partial charge in [-0.15, -0.1) is 0 Å². The molecule has 2 saturated heterocycles. The molecule has 6 nitrogen and oxygen atoms in total. The maximum atomic E-state index is 12.9. The Morgan fingerprint density at radius 1 is 0.758 bits per heavy atom. The molecule has 2 aliphatic rings. The Balaban J connectivity index is 1.37. The Morgan fingerprint density at radius 2 is 1.33 bits per heavy atom. The number of rotatable bonds is 7. The summed E-state index contributed by atoms with van der Waals surface area (Å²) >= 11 is 0. The highest BCUT2D eigenvalue weighted by molar-refractivity contribution is 5.77. The van der Waals surface area contributed by atoms with Crippen molar-refractivity contribution in [2.24, 2.45) is 0 Å². The number of fused-ring (bicyclic) bond motifs is 1. The summed E-state index contributed by atoms with van der Waals surface area (Å²) in [5.74, 6) is -0.462. The van der Waals surface area contributed by atoms with E-state index >= 15 is 0 Å². The standard InChI is InChI=1S/C27H26O6/c28-26-25(30-17-20-12-6-2-7-13-20)24(29-16-19-10-4-1-5-11-19)23-22(32-26)18-31-27(33-23)21-14-8-3-9-15-21/h1-15,22-25,27H,16-18H2/t22-,23+,24+,25-,27?/m1/s1. The summed E-state index contributed by atoms with van der Waals surface area (Å²) in [6, 6.07) is 29.2. The molecule has 0 bridgehead atoms. The number of hydrogen-bond donors (Lipinski definition) is 0. The zero-order valence-corrected chi connectivity index (χ0v) is 18.1. The lowest BCUT2D eigenvalue weighted by Crippen LogP contribution is -2.61. The molecule has 33 heavy (non-hydrogen) atoms. The Hall–Kier alpha value is -3.03. The van der Waals surface area contributed by atoms with E-state index < -0.39 is 36.7 Å². The van der Waals surface area contributed by atoms with Crippen LogP contribution < -0.4 is 0 Å². The van der Waals surface area contributed by atoms with E-state index in [0.29, 0.717) is 6.61 Å². The van der Waals surface area contributed by atoms with Crippen LogP contribution in [0.25, 0.3) is 0 Å². The van der Waals surface area contributed by atoms with E-state index in [0.717, 1.165) is 16.7 Å². The van der Waals surface area contributed by atoms with E-state index in [1.807, 2.05) is 91.0 Å². The van der Waals surface area contributed by atoms with Gasteiger partial charge in [0, 0.05) is 5.56 Å². The molecule has 0 aromatic heterocycles. The van der Waals surface area contributed by atoms with E-state index in [-0.39, 0.29) is 13.2 Å². The van der Waals surface area contributed by atoms with Crippen molar-refractivity contribution < 1.29 is 28.5 Å². The molecule has 5 rings (SSSR count). The Morgan fingerprint density at radius 3 is 1.97 bits per heavy atom. The zero-order chi connectivity index (χ0) is 22.5. The molecule has 2 fully saturated rings.